The van der Waals surface area contributed by atoms with Crippen molar-refractivity contribution in [3.8, 4) is 5.75 Å². The fourth-order valence-electron chi connectivity index (χ4n) is 2.24. The fourth-order valence-corrected chi connectivity index (χ4v) is 2.87. The average Bonchev–Trinajstić information content (AvgIpc) is 2.60. The van der Waals surface area contributed by atoms with E-state index in [1.54, 1.807) is 32.2 Å². The van der Waals surface area contributed by atoms with E-state index < -0.39 is 0 Å². The Hall–Kier alpha value is -2.42. The van der Waals surface area contributed by atoms with Crippen LogP contribution < -0.4 is 15.5 Å². The molecule has 136 valence electrons. The van der Waals surface area contributed by atoms with Gasteiger partial charge in [-0.15, -0.1) is 0 Å². The first-order valence-corrected chi connectivity index (χ1v) is 9.01. The van der Waals surface area contributed by atoms with Crippen molar-refractivity contribution in [2.75, 3.05) is 12.4 Å². The van der Waals surface area contributed by atoms with E-state index in [0.29, 0.717) is 22.7 Å². The minimum Gasteiger partial charge on any atom is -0.495 e. The maximum Gasteiger partial charge on any atom is 0.272 e. The summed E-state index contributed by atoms with van der Waals surface area (Å²) in [7, 11) is 1.55. The monoisotopic (exact) mass is 465 g/mol. The number of carbonyl (C=O) groups is 2. The van der Waals surface area contributed by atoms with Gasteiger partial charge in [-0.2, -0.15) is 5.10 Å². The molecule has 0 atom stereocenters. The molecule has 2 aromatic rings. The number of benzene rings is 2. The summed E-state index contributed by atoms with van der Waals surface area (Å²) in [6.45, 7) is 3.62. The molecule has 2 rings (SSSR count). The second-order valence-corrected chi connectivity index (χ2v) is 6.86. The lowest BCUT2D eigenvalue weighted by Gasteiger charge is -2.11. The van der Waals surface area contributed by atoms with Crippen molar-refractivity contribution in [2.24, 2.45) is 5.10 Å². The van der Waals surface area contributed by atoms with Gasteiger partial charge in [-0.25, -0.2) is 5.43 Å². The van der Waals surface area contributed by atoms with Gasteiger partial charge in [0.05, 0.1) is 24.8 Å². The van der Waals surface area contributed by atoms with Crippen LogP contribution in [0.2, 0.25) is 0 Å². The maximum absolute atomic E-state index is 12.2. The number of hydrogen-bond acceptors (Lipinski definition) is 4. The molecule has 0 fully saturated rings. The lowest BCUT2D eigenvalue weighted by molar-refractivity contribution is -0.115. The number of aryl methyl sites for hydroxylation is 1. The Labute approximate surface area is 166 Å². The third kappa shape index (κ3) is 5.55. The van der Waals surface area contributed by atoms with Crippen molar-refractivity contribution < 1.29 is 14.3 Å². The van der Waals surface area contributed by atoms with E-state index in [2.05, 4.69) is 38.4 Å². The standard InChI is InChI=1S/C19H20IN3O3/c1-12-8-9-17(26-3)16(10-12)21-18(24)11-13(2)22-23-19(25)14-6-4-5-7-15(14)20/h4-10H,11H2,1-3H3,(H,21,24)(H,23,25)/b22-13-. The molecule has 2 amide bonds. The zero-order valence-corrected chi connectivity index (χ0v) is 17.0. The van der Waals surface area contributed by atoms with Crippen molar-refractivity contribution in [3.05, 3.63) is 57.2 Å². The van der Waals surface area contributed by atoms with Crippen LogP contribution in [0.25, 0.3) is 0 Å². The van der Waals surface area contributed by atoms with Gasteiger partial charge in [0.15, 0.2) is 0 Å². The van der Waals surface area contributed by atoms with Gasteiger partial charge in [0, 0.05) is 9.28 Å². The van der Waals surface area contributed by atoms with E-state index in [-0.39, 0.29) is 18.2 Å². The van der Waals surface area contributed by atoms with Crippen molar-refractivity contribution in [1.82, 2.24) is 5.43 Å². The topological polar surface area (TPSA) is 79.8 Å². The first-order chi connectivity index (χ1) is 12.4. The molecule has 6 nitrogen and oxygen atoms in total. The highest BCUT2D eigenvalue weighted by Gasteiger charge is 2.11. The Kier molecular flexibility index (Phi) is 7.14. The minimum atomic E-state index is -0.310. The van der Waals surface area contributed by atoms with Crippen molar-refractivity contribution in [3.63, 3.8) is 0 Å². The van der Waals surface area contributed by atoms with E-state index in [1.807, 2.05) is 31.2 Å². The number of halogens is 1. The number of nitrogens with zero attached hydrogens (tertiary/aromatic N) is 1. The van der Waals surface area contributed by atoms with Crippen LogP contribution in [0.4, 0.5) is 5.69 Å². The Bertz CT molecular complexity index is 850. The zero-order valence-electron chi connectivity index (χ0n) is 14.8. The van der Waals surface area contributed by atoms with Crippen LogP contribution in [0.5, 0.6) is 5.75 Å². The summed E-state index contributed by atoms with van der Waals surface area (Å²) in [6.07, 6.45) is 0.0588. The Balaban J connectivity index is 1.96. The van der Waals surface area contributed by atoms with Gasteiger partial charge in [-0.05, 0) is 66.3 Å². The zero-order chi connectivity index (χ0) is 19.1. The SMILES string of the molecule is COc1ccc(C)cc1NC(=O)C/C(C)=N\NC(=O)c1ccccc1I. The van der Waals surface area contributed by atoms with Gasteiger partial charge < -0.3 is 10.1 Å². The normalized spacial score (nSPS) is 11.0. The summed E-state index contributed by atoms with van der Waals surface area (Å²) in [5.74, 6) is 0.0410. The highest BCUT2D eigenvalue weighted by Crippen LogP contribution is 2.25. The number of nitrogens with one attached hydrogen (secondary N) is 2. The average molecular weight is 465 g/mol. The molecule has 0 unspecified atom stereocenters. The molecule has 0 saturated heterocycles. The molecule has 0 heterocycles. The van der Waals surface area contributed by atoms with E-state index in [9.17, 15) is 9.59 Å². The predicted molar refractivity (Wildman–Crippen MR) is 111 cm³/mol. The lowest BCUT2D eigenvalue weighted by Crippen LogP contribution is -2.22. The summed E-state index contributed by atoms with van der Waals surface area (Å²) < 4.78 is 6.08. The van der Waals surface area contributed by atoms with Gasteiger partial charge in [0.2, 0.25) is 5.91 Å². The number of carbonyl (C=O) groups excluding carboxylic acids is 2. The minimum absolute atomic E-state index is 0.0588. The van der Waals surface area contributed by atoms with Crippen LogP contribution in [-0.4, -0.2) is 24.6 Å². The fraction of sp³-hybridized carbons (Fsp3) is 0.211. The van der Waals surface area contributed by atoms with Crippen LogP contribution in [0.15, 0.2) is 47.6 Å². The van der Waals surface area contributed by atoms with Crippen LogP contribution in [-0.2, 0) is 4.79 Å². The molecule has 0 bridgehead atoms. The first-order valence-electron chi connectivity index (χ1n) is 7.93. The number of hydrazone groups is 1. The highest BCUT2D eigenvalue weighted by molar-refractivity contribution is 14.1. The molecule has 26 heavy (non-hydrogen) atoms. The summed E-state index contributed by atoms with van der Waals surface area (Å²) >= 11 is 2.09. The maximum atomic E-state index is 12.2. The van der Waals surface area contributed by atoms with Crippen LogP contribution in [0, 0.1) is 10.5 Å². The number of anilines is 1. The van der Waals surface area contributed by atoms with Gasteiger partial charge >= 0.3 is 0 Å². The lowest BCUT2D eigenvalue weighted by atomic mass is 10.2. The molecule has 0 spiro atoms. The molecule has 0 aliphatic heterocycles. The van der Waals surface area contributed by atoms with Crippen molar-refractivity contribution in [1.29, 1.82) is 0 Å². The molecule has 0 saturated carbocycles. The molecule has 7 heteroatoms. The Morgan fingerprint density at radius 1 is 1.19 bits per heavy atom. The number of methoxy groups -OCH3 is 1. The van der Waals surface area contributed by atoms with Crippen LogP contribution in [0.3, 0.4) is 0 Å². The van der Waals surface area contributed by atoms with Crippen LogP contribution in [0.1, 0.15) is 29.3 Å². The van der Waals surface area contributed by atoms with Crippen molar-refractivity contribution in [2.45, 2.75) is 20.3 Å². The Morgan fingerprint density at radius 2 is 1.92 bits per heavy atom. The summed E-state index contributed by atoms with van der Waals surface area (Å²) in [6, 6.07) is 12.7. The second-order valence-electron chi connectivity index (χ2n) is 5.70. The predicted octanol–water partition coefficient (Wildman–Crippen LogP) is 3.74. The largest absolute Gasteiger partial charge is 0.495 e. The van der Waals surface area contributed by atoms with Gasteiger partial charge in [-0.1, -0.05) is 18.2 Å². The number of hydrogen-bond donors (Lipinski definition) is 2. The molecule has 0 aliphatic rings. The molecule has 2 aromatic carbocycles. The van der Waals surface area contributed by atoms with Crippen LogP contribution >= 0.6 is 22.6 Å². The third-order valence-corrected chi connectivity index (χ3v) is 4.45. The summed E-state index contributed by atoms with van der Waals surface area (Å²) in [5, 5.41) is 6.81. The van der Waals surface area contributed by atoms with E-state index in [4.69, 9.17) is 4.74 Å². The quantitative estimate of drug-likeness (QED) is 0.388. The number of ether oxygens (including phenoxy) is 1. The highest BCUT2D eigenvalue weighted by atomic mass is 127. The van der Waals surface area contributed by atoms with Crippen molar-refractivity contribution >= 4 is 45.8 Å². The summed E-state index contributed by atoms with van der Waals surface area (Å²) in [4.78, 5) is 24.3. The molecular formula is C19H20IN3O3. The van der Waals surface area contributed by atoms with E-state index >= 15 is 0 Å². The van der Waals surface area contributed by atoms with Gasteiger partial charge in [0.25, 0.3) is 5.91 Å². The third-order valence-electron chi connectivity index (χ3n) is 3.51. The summed E-state index contributed by atoms with van der Waals surface area (Å²) in [5.41, 5.74) is 5.13. The molecular weight excluding hydrogens is 445 g/mol. The molecule has 2 N–H and O–H groups in total. The van der Waals surface area contributed by atoms with Gasteiger partial charge in [0.1, 0.15) is 5.75 Å². The Morgan fingerprint density at radius 3 is 2.62 bits per heavy atom. The van der Waals surface area contributed by atoms with E-state index in [0.717, 1.165) is 9.13 Å². The molecule has 0 aliphatic carbocycles. The smallest absolute Gasteiger partial charge is 0.272 e. The number of amides is 2. The molecule has 0 aromatic heterocycles. The first kappa shape index (κ1) is 19.9. The number of rotatable bonds is 6. The molecule has 0 radical (unpaired) electrons. The second kappa shape index (κ2) is 9.33. The van der Waals surface area contributed by atoms with Gasteiger partial charge in [-0.3, -0.25) is 9.59 Å². The van der Waals surface area contributed by atoms with E-state index in [1.165, 1.54) is 0 Å².